The maximum Gasteiger partial charge on any atom is 0.226 e. The lowest BCUT2D eigenvalue weighted by atomic mass is 9.90. The molecule has 0 radical (unpaired) electrons. The molecule has 0 aliphatic heterocycles. The van der Waals surface area contributed by atoms with Crippen LogP contribution in [0.5, 0.6) is 0 Å². The van der Waals surface area contributed by atoms with Crippen molar-refractivity contribution in [1.29, 1.82) is 0 Å². The second-order valence-electron chi connectivity index (χ2n) is 7.44. The number of hydrogen-bond donors (Lipinski definition) is 1. The molecule has 25 heavy (non-hydrogen) atoms. The number of aromatic nitrogens is 1. The fourth-order valence-electron chi connectivity index (χ4n) is 4.70. The van der Waals surface area contributed by atoms with Gasteiger partial charge in [-0.1, -0.05) is 11.6 Å². The minimum atomic E-state index is -0.207. The van der Waals surface area contributed by atoms with Gasteiger partial charge in [0.1, 0.15) is 5.82 Å². The molecule has 3 nitrogen and oxygen atoms in total. The quantitative estimate of drug-likeness (QED) is 0.853. The van der Waals surface area contributed by atoms with Crippen LogP contribution in [0, 0.1) is 23.6 Å². The van der Waals surface area contributed by atoms with Gasteiger partial charge in [-0.05, 0) is 73.8 Å². The molecule has 3 unspecified atom stereocenters. The summed E-state index contributed by atoms with van der Waals surface area (Å²) >= 11 is 0. The van der Waals surface area contributed by atoms with Crippen molar-refractivity contribution >= 4 is 16.8 Å². The van der Waals surface area contributed by atoms with Crippen LogP contribution in [0.15, 0.2) is 42.1 Å². The SMILES string of the molecule is CNC(=O)C(C)C1=CC2C[C@@H](c3ccnc4ccc(F)cc34)CC2C1. The first kappa shape index (κ1) is 16.2. The molecule has 4 heteroatoms. The lowest BCUT2D eigenvalue weighted by Gasteiger charge is -2.16. The number of benzene rings is 1. The zero-order valence-electron chi connectivity index (χ0n) is 14.6. The Morgan fingerprint density at radius 2 is 2.16 bits per heavy atom. The highest BCUT2D eigenvalue weighted by molar-refractivity contribution is 5.83. The van der Waals surface area contributed by atoms with Crippen LogP contribution >= 0.6 is 0 Å². The van der Waals surface area contributed by atoms with Crippen molar-refractivity contribution in [2.45, 2.75) is 32.1 Å². The Kier molecular flexibility index (Phi) is 4.06. The van der Waals surface area contributed by atoms with E-state index in [1.54, 1.807) is 19.2 Å². The van der Waals surface area contributed by atoms with Crippen molar-refractivity contribution in [2.24, 2.45) is 17.8 Å². The van der Waals surface area contributed by atoms with Crippen molar-refractivity contribution < 1.29 is 9.18 Å². The van der Waals surface area contributed by atoms with Gasteiger partial charge in [-0.15, -0.1) is 0 Å². The van der Waals surface area contributed by atoms with E-state index in [1.807, 2.05) is 19.2 Å². The third-order valence-electron chi connectivity index (χ3n) is 6.05. The van der Waals surface area contributed by atoms with Crippen molar-refractivity contribution in [3.63, 3.8) is 0 Å². The average Bonchev–Trinajstić information content (AvgIpc) is 3.18. The number of carbonyl (C=O) groups excluding carboxylic acids is 1. The molecule has 1 saturated carbocycles. The van der Waals surface area contributed by atoms with Crippen LogP contribution in [-0.2, 0) is 4.79 Å². The van der Waals surface area contributed by atoms with Gasteiger partial charge >= 0.3 is 0 Å². The lowest BCUT2D eigenvalue weighted by Crippen LogP contribution is -2.26. The predicted molar refractivity (Wildman–Crippen MR) is 96.6 cm³/mol. The predicted octanol–water partition coefficient (Wildman–Crippen LogP) is 4.20. The van der Waals surface area contributed by atoms with Gasteiger partial charge in [-0.3, -0.25) is 9.78 Å². The third kappa shape index (κ3) is 2.84. The fraction of sp³-hybridized carbons (Fsp3) is 0.429. The van der Waals surface area contributed by atoms with Crippen LogP contribution in [0.4, 0.5) is 4.39 Å². The molecule has 130 valence electrons. The van der Waals surface area contributed by atoms with Gasteiger partial charge < -0.3 is 5.32 Å². The molecule has 1 aromatic heterocycles. The van der Waals surface area contributed by atoms with Crippen LogP contribution in [0.1, 0.15) is 37.7 Å². The number of hydrogen-bond acceptors (Lipinski definition) is 2. The van der Waals surface area contributed by atoms with Gasteiger partial charge in [-0.25, -0.2) is 4.39 Å². The maximum absolute atomic E-state index is 13.7. The Morgan fingerprint density at radius 1 is 1.32 bits per heavy atom. The number of halogens is 1. The summed E-state index contributed by atoms with van der Waals surface area (Å²) in [6, 6.07) is 6.89. The Hall–Kier alpha value is -2.23. The largest absolute Gasteiger partial charge is 0.359 e. The van der Waals surface area contributed by atoms with Crippen LogP contribution in [0.2, 0.25) is 0 Å². The normalized spacial score (nSPS) is 26.4. The molecule has 1 fully saturated rings. The fourth-order valence-corrected chi connectivity index (χ4v) is 4.70. The molecular weight excluding hydrogens is 315 g/mol. The minimum Gasteiger partial charge on any atom is -0.359 e. The highest BCUT2D eigenvalue weighted by Gasteiger charge is 2.39. The number of rotatable bonds is 3. The Morgan fingerprint density at radius 3 is 2.92 bits per heavy atom. The summed E-state index contributed by atoms with van der Waals surface area (Å²) in [7, 11) is 1.69. The molecule has 0 saturated heterocycles. The first-order valence-electron chi connectivity index (χ1n) is 9.03. The smallest absolute Gasteiger partial charge is 0.226 e. The van der Waals surface area contributed by atoms with Crippen LogP contribution in [-0.4, -0.2) is 17.9 Å². The molecule has 4 atom stereocenters. The van der Waals surface area contributed by atoms with E-state index >= 15 is 0 Å². The van der Waals surface area contributed by atoms with E-state index in [-0.39, 0.29) is 17.6 Å². The molecule has 1 aromatic carbocycles. The average molecular weight is 338 g/mol. The minimum absolute atomic E-state index is 0.0371. The number of carbonyl (C=O) groups is 1. The molecule has 2 aliphatic carbocycles. The number of amides is 1. The van der Waals surface area contributed by atoms with E-state index in [2.05, 4.69) is 16.4 Å². The molecule has 0 spiro atoms. The molecule has 1 N–H and O–H groups in total. The first-order chi connectivity index (χ1) is 12.1. The number of pyridine rings is 1. The van der Waals surface area contributed by atoms with E-state index in [0.717, 1.165) is 30.2 Å². The Bertz CT molecular complexity index is 860. The lowest BCUT2D eigenvalue weighted by molar-refractivity contribution is -0.122. The molecule has 1 heterocycles. The zero-order valence-corrected chi connectivity index (χ0v) is 14.6. The van der Waals surface area contributed by atoms with Crippen molar-refractivity contribution in [1.82, 2.24) is 10.3 Å². The maximum atomic E-state index is 13.7. The van der Waals surface area contributed by atoms with Crippen molar-refractivity contribution in [3.8, 4) is 0 Å². The summed E-state index contributed by atoms with van der Waals surface area (Å²) < 4.78 is 13.7. The van der Waals surface area contributed by atoms with Crippen molar-refractivity contribution in [3.05, 3.63) is 53.5 Å². The third-order valence-corrected chi connectivity index (χ3v) is 6.05. The summed E-state index contributed by atoms with van der Waals surface area (Å²) in [4.78, 5) is 16.3. The molecule has 1 amide bonds. The molecular formula is C21H23FN2O. The van der Waals surface area contributed by atoms with Crippen LogP contribution in [0.3, 0.4) is 0 Å². The zero-order chi connectivity index (χ0) is 17.6. The summed E-state index contributed by atoms with van der Waals surface area (Å²) in [5, 5.41) is 3.69. The second-order valence-corrected chi connectivity index (χ2v) is 7.44. The topological polar surface area (TPSA) is 42.0 Å². The van der Waals surface area contributed by atoms with Crippen LogP contribution < -0.4 is 5.32 Å². The van der Waals surface area contributed by atoms with Gasteiger partial charge in [0.05, 0.1) is 11.4 Å². The second kappa shape index (κ2) is 6.25. The van der Waals surface area contributed by atoms with E-state index in [1.165, 1.54) is 17.2 Å². The van der Waals surface area contributed by atoms with Gasteiger partial charge in [0.25, 0.3) is 0 Å². The summed E-state index contributed by atoms with van der Waals surface area (Å²) in [6.07, 6.45) is 7.34. The van der Waals surface area contributed by atoms with E-state index < -0.39 is 0 Å². The monoisotopic (exact) mass is 338 g/mol. The Labute approximate surface area is 147 Å². The molecule has 2 aromatic rings. The van der Waals surface area contributed by atoms with E-state index in [0.29, 0.717) is 17.8 Å². The summed E-state index contributed by atoms with van der Waals surface area (Å²) in [5.41, 5.74) is 3.35. The first-order valence-corrected chi connectivity index (χ1v) is 9.03. The highest BCUT2D eigenvalue weighted by Crippen LogP contribution is 2.51. The van der Waals surface area contributed by atoms with Gasteiger partial charge in [0.15, 0.2) is 0 Å². The number of nitrogens with one attached hydrogen (secondary N) is 1. The Balaban J connectivity index is 1.58. The standard InChI is InChI=1S/C21H23FN2O/c1-12(21(25)23-2)13-7-14-9-16(10-15(14)8-13)18-5-6-24-20-4-3-17(22)11-19(18)20/h3-7,11-12,14-16H,8-10H2,1-2H3,(H,23,25)/t12?,14?,15?,16-/m1/s1. The summed E-state index contributed by atoms with van der Waals surface area (Å²) in [5.74, 6) is 1.42. The van der Waals surface area contributed by atoms with Gasteiger partial charge in [0.2, 0.25) is 5.91 Å². The van der Waals surface area contributed by atoms with Gasteiger partial charge in [-0.2, -0.15) is 0 Å². The highest BCUT2D eigenvalue weighted by atomic mass is 19.1. The van der Waals surface area contributed by atoms with E-state index in [9.17, 15) is 9.18 Å². The molecule has 0 bridgehead atoms. The number of nitrogens with zero attached hydrogens (tertiary/aromatic N) is 1. The molecule has 2 aliphatic rings. The van der Waals surface area contributed by atoms with E-state index in [4.69, 9.17) is 0 Å². The number of fused-ring (bicyclic) bond motifs is 2. The van der Waals surface area contributed by atoms with Crippen LogP contribution in [0.25, 0.3) is 10.9 Å². The molecule has 4 rings (SSSR count). The van der Waals surface area contributed by atoms with Crippen molar-refractivity contribution in [2.75, 3.05) is 7.05 Å². The van der Waals surface area contributed by atoms with Gasteiger partial charge in [0, 0.05) is 18.6 Å². The number of allylic oxidation sites excluding steroid dienone is 1. The summed E-state index contributed by atoms with van der Waals surface area (Å²) in [6.45, 7) is 1.99.